The lowest BCUT2D eigenvalue weighted by Crippen LogP contribution is -1.92. The Morgan fingerprint density at radius 2 is 1.83 bits per heavy atom. The minimum absolute atomic E-state index is 0.583. The van der Waals surface area contributed by atoms with Gasteiger partial charge in [0.15, 0.2) is 0 Å². The summed E-state index contributed by atoms with van der Waals surface area (Å²) in [6.45, 7) is 0. The summed E-state index contributed by atoms with van der Waals surface area (Å²) in [5, 5.41) is 12.7. The number of nitriles is 1. The second-order valence-electron chi connectivity index (χ2n) is 3.59. The van der Waals surface area contributed by atoms with Crippen LogP contribution >= 0.6 is 43.5 Å². The second-order valence-corrected chi connectivity index (χ2v) is 5.83. The Balaban J connectivity index is 2.34. The van der Waals surface area contributed by atoms with Crippen LogP contribution in [0.25, 0.3) is 0 Å². The van der Waals surface area contributed by atoms with E-state index in [0.717, 1.165) is 20.3 Å². The Kier molecular flexibility index (Phi) is 4.28. The van der Waals surface area contributed by atoms with Crippen molar-refractivity contribution in [3.8, 4) is 6.07 Å². The van der Waals surface area contributed by atoms with E-state index in [1.807, 2.05) is 24.3 Å². The zero-order chi connectivity index (χ0) is 13.1. The number of hydrogen-bond donors (Lipinski definition) is 1. The van der Waals surface area contributed by atoms with Gasteiger partial charge in [-0.3, -0.25) is 0 Å². The molecule has 2 nitrogen and oxygen atoms in total. The van der Waals surface area contributed by atoms with Crippen molar-refractivity contribution < 1.29 is 0 Å². The topological polar surface area (TPSA) is 35.8 Å². The lowest BCUT2D eigenvalue weighted by molar-refractivity contribution is 1.46. The molecule has 2 rings (SSSR count). The molecule has 0 heterocycles. The molecule has 2 aromatic carbocycles. The van der Waals surface area contributed by atoms with E-state index in [0.29, 0.717) is 10.6 Å². The van der Waals surface area contributed by atoms with Crippen molar-refractivity contribution in [3.63, 3.8) is 0 Å². The Morgan fingerprint density at radius 1 is 1.06 bits per heavy atom. The molecule has 0 aliphatic rings. The van der Waals surface area contributed by atoms with Gasteiger partial charge in [0.25, 0.3) is 0 Å². The number of anilines is 2. The van der Waals surface area contributed by atoms with Crippen LogP contribution in [0.4, 0.5) is 11.4 Å². The molecule has 18 heavy (non-hydrogen) atoms. The van der Waals surface area contributed by atoms with Gasteiger partial charge in [0.1, 0.15) is 0 Å². The molecule has 0 amide bonds. The van der Waals surface area contributed by atoms with Crippen LogP contribution in [-0.2, 0) is 0 Å². The van der Waals surface area contributed by atoms with Crippen molar-refractivity contribution in [3.05, 3.63) is 55.9 Å². The maximum atomic E-state index is 8.91. The van der Waals surface area contributed by atoms with E-state index < -0.39 is 0 Å². The average molecular weight is 386 g/mol. The SMILES string of the molecule is N#Cc1cc(Br)cc(Nc2ccc(Br)cc2Cl)c1. The van der Waals surface area contributed by atoms with Crippen LogP contribution in [0, 0.1) is 11.3 Å². The molecule has 0 aliphatic heterocycles. The van der Waals surface area contributed by atoms with E-state index in [1.54, 1.807) is 12.1 Å². The number of hydrogen-bond acceptors (Lipinski definition) is 2. The molecule has 5 heteroatoms. The van der Waals surface area contributed by atoms with Crippen molar-refractivity contribution in [1.29, 1.82) is 5.26 Å². The lowest BCUT2D eigenvalue weighted by Gasteiger charge is -2.09. The van der Waals surface area contributed by atoms with Crippen molar-refractivity contribution in [1.82, 2.24) is 0 Å². The van der Waals surface area contributed by atoms with Crippen molar-refractivity contribution >= 4 is 54.8 Å². The summed E-state index contributed by atoms with van der Waals surface area (Å²) in [7, 11) is 0. The van der Waals surface area contributed by atoms with Gasteiger partial charge in [-0.15, -0.1) is 0 Å². The highest BCUT2D eigenvalue weighted by Crippen LogP contribution is 2.29. The van der Waals surface area contributed by atoms with Crippen molar-refractivity contribution in [2.45, 2.75) is 0 Å². The molecule has 0 atom stereocenters. The first-order chi connectivity index (χ1) is 8.58. The molecule has 0 saturated carbocycles. The Labute approximate surface area is 127 Å². The third kappa shape index (κ3) is 3.26. The molecule has 2 aromatic rings. The number of halogens is 3. The van der Waals surface area contributed by atoms with Gasteiger partial charge < -0.3 is 5.32 Å². The van der Waals surface area contributed by atoms with Crippen molar-refractivity contribution in [2.24, 2.45) is 0 Å². The van der Waals surface area contributed by atoms with Gasteiger partial charge in [0, 0.05) is 14.6 Å². The monoisotopic (exact) mass is 384 g/mol. The highest BCUT2D eigenvalue weighted by atomic mass is 79.9. The van der Waals surface area contributed by atoms with Gasteiger partial charge >= 0.3 is 0 Å². The van der Waals surface area contributed by atoms with E-state index in [4.69, 9.17) is 16.9 Å². The molecule has 90 valence electrons. The molecule has 0 spiro atoms. The molecule has 1 N–H and O–H groups in total. The molecule has 0 unspecified atom stereocenters. The first kappa shape index (κ1) is 13.4. The minimum Gasteiger partial charge on any atom is -0.354 e. The first-order valence-corrected chi connectivity index (χ1v) is 6.97. The van der Waals surface area contributed by atoms with E-state index >= 15 is 0 Å². The van der Waals surface area contributed by atoms with Gasteiger partial charge in [0.2, 0.25) is 0 Å². The molecule has 0 aromatic heterocycles. The summed E-state index contributed by atoms with van der Waals surface area (Å²) in [6, 6.07) is 13.1. The van der Waals surface area contributed by atoms with E-state index in [9.17, 15) is 0 Å². The van der Waals surface area contributed by atoms with Crippen molar-refractivity contribution in [2.75, 3.05) is 5.32 Å². The highest BCUT2D eigenvalue weighted by molar-refractivity contribution is 9.10. The first-order valence-electron chi connectivity index (χ1n) is 5.01. The Morgan fingerprint density at radius 3 is 2.50 bits per heavy atom. The van der Waals surface area contributed by atoms with E-state index in [2.05, 4.69) is 43.2 Å². The maximum absolute atomic E-state index is 8.91. The lowest BCUT2D eigenvalue weighted by atomic mass is 10.2. The smallest absolute Gasteiger partial charge is 0.0992 e. The molecule has 0 saturated heterocycles. The summed E-state index contributed by atoms with van der Waals surface area (Å²) in [5.41, 5.74) is 2.19. The largest absolute Gasteiger partial charge is 0.354 e. The number of nitrogens with zero attached hydrogens (tertiary/aromatic N) is 1. The summed E-state index contributed by atoms with van der Waals surface area (Å²) in [5.74, 6) is 0. The summed E-state index contributed by atoms with van der Waals surface area (Å²) in [4.78, 5) is 0. The molecular weight excluding hydrogens is 379 g/mol. The zero-order valence-electron chi connectivity index (χ0n) is 9.05. The maximum Gasteiger partial charge on any atom is 0.0992 e. The fraction of sp³-hybridized carbons (Fsp3) is 0. The fourth-order valence-electron chi connectivity index (χ4n) is 1.47. The predicted molar refractivity (Wildman–Crippen MR) is 81.3 cm³/mol. The fourth-order valence-corrected chi connectivity index (χ4v) is 2.69. The highest BCUT2D eigenvalue weighted by Gasteiger charge is 2.03. The summed E-state index contributed by atoms with van der Waals surface area (Å²) >= 11 is 12.8. The molecular formula is C13H7Br2ClN2. The Bertz CT molecular complexity index is 635. The van der Waals surface area contributed by atoms with E-state index in [-0.39, 0.29) is 0 Å². The van der Waals surface area contributed by atoms with E-state index in [1.165, 1.54) is 0 Å². The van der Waals surface area contributed by atoms with Crippen LogP contribution in [-0.4, -0.2) is 0 Å². The quantitative estimate of drug-likeness (QED) is 0.742. The summed E-state index contributed by atoms with van der Waals surface area (Å²) < 4.78 is 1.77. The van der Waals surface area contributed by atoms with Crippen LogP contribution in [0.2, 0.25) is 5.02 Å². The zero-order valence-corrected chi connectivity index (χ0v) is 13.0. The second kappa shape index (κ2) is 5.75. The average Bonchev–Trinajstić information content (AvgIpc) is 2.32. The van der Waals surface area contributed by atoms with Crippen LogP contribution in [0.15, 0.2) is 45.3 Å². The molecule has 0 fully saturated rings. The third-order valence-electron chi connectivity index (χ3n) is 2.24. The normalized spacial score (nSPS) is 9.89. The van der Waals surface area contributed by atoms with Crippen LogP contribution in [0.3, 0.4) is 0 Å². The van der Waals surface area contributed by atoms with Gasteiger partial charge in [0.05, 0.1) is 22.3 Å². The predicted octanol–water partition coefficient (Wildman–Crippen LogP) is 5.48. The van der Waals surface area contributed by atoms with Gasteiger partial charge in [-0.2, -0.15) is 5.26 Å². The van der Waals surface area contributed by atoms with Crippen LogP contribution in [0.5, 0.6) is 0 Å². The van der Waals surface area contributed by atoms with Gasteiger partial charge in [-0.05, 0) is 36.4 Å². The third-order valence-corrected chi connectivity index (χ3v) is 3.50. The molecule has 0 radical (unpaired) electrons. The molecule has 0 aliphatic carbocycles. The standard InChI is InChI=1S/C13H7Br2ClN2/c14-9-1-2-13(12(16)6-9)18-11-4-8(7-17)3-10(15)5-11/h1-6,18H. The number of rotatable bonds is 2. The van der Waals surface area contributed by atoms with Gasteiger partial charge in [-0.1, -0.05) is 43.5 Å². The van der Waals surface area contributed by atoms with Crippen LogP contribution < -0.4 is 5.32 Å². The molecule has 0 bridgehead atoms. The number of nitrogens with one attached hydrogen (secondary N) is 1. The van der Waals surface area contributed by atoms with Crippen LogP contribution in [0.1, 0.15) is 5.56 Å². The van der Waals surface area contributed by atoms with Gasteiger partial charge in [-0.25, -0.2) is 0 Å². The summed E-state index contributed by atoms with van der Waals surface area (Å²) in [6.07, 6.45) is 0. The number of benzene rings is 2. The minimum atomic E-state index is 0.583. The Hall–Kier alpha value is -1.02.